The van der Waals surface area contributed by atoms with E-state index in [1.54, 1.807) is 24.3 Å². The molecule has 0 aliphatic carbocycles. The number of carbonyl (C=O) groups is 2. The molecule has 8 nitrogen and oxygen atoms in total. The summed E-state index contributed by atoms with van der Waals surface area (Å²) < 4.78 is 0.886. The number of rotatable bonds is 3. The van der Waals surface area contributed by atoms with Gasteiger partial charge in [0.25, 0.3) is 5.56 Å². The van der Waals surface area contributed by atoms with Crippen molar-refractivity contribution in [1.29, 1.82) is 0 Å². The number of aromatic amines is 1. The van der Waals surface area contributed by atoms with Gasteiger partial charge in [-0.15, -0.1) is 0 Å². The Morgan fingerprint density at radius 2 is 1.83 bits per heavy atom. The summed E-state index contributed by atoms with van der Waals surface area (Å²) in [5, 5.41) is 5.47. The van der Waals surface area contributed by atoms with Crippen molar-refractivity contribution < 1.29 is 9.59 Å². The number of halogens is 1. The first-order valence-corrected chi connectivity index (χ1v) is 10.9. The van der Waals surface area contributed by atoms with E-state index in [4.69, 9.17) is 0 Å². The van der Waals surface area contributed by atoms with Crippen molar-refractivity contribution in [2.24, 2.45) is 0 Å². The van der Waals surface area contributed by atoms with Crippen LogP contribution in [0, 0.1) is 0 Å². The predicted octanol–water partition coefficient (Wildman–Crippen LogP) is 3.36. The molecule has 3 atom stereocenters. The number of benzene rings is 1. The zero-order valence-electron chi connectivity index (χ0n) is 16.9. The fraction of sp³-hybridized carbons (Fsp3) is 0.429. The smallest absolute Gasteiger partial charge is 0.258 e. The molecule has 2 aliphatic rings. The predicted molar refractivity (Wildman–Crippen MR) is 119 cm³/mol. The lowest BCUT2D eigenvalue weighted by Gasteiger charge is -2.39. The maximum absolute atomic E-state index is 13.0. The molecular formula is C21H24BrN5O3. The standard InChI is InChI=1S/C21H24BrN5O3/c1-11-4-3-5-12(2)27(11)21-25-18-17(20(30)26-21)15(10-16(28)24-18)19(29)23-14-8-6-13(22)7-9-14/h6-9,11-12,15H,3-5,10H2,1-2H3,(H,23,29)(H2,24,25,26,28,30)/t11-,12+,15-/m0/s1. The van der Waals surface area contributed by atoms with Crippen molar-refractivity contribution in [2.45, 2.75) is 57.5 Å². The zero-order valence-corrected chi connectivity index (χ0v) is 18.5. The van der Waals surface area contributed by atoms with E-state index in [1.807, 2.05) is 0 Å². The molecule has 0 spiro atoms. The van der Waals surface area contributed by atoms with E-state index in [1.165, 1.54) is 0 Å². The van der Waals surface area contributed by atoms with Gasteiger partial charge in [-0.2, -0.15) is 4.98 Å². The van der Waals surface area contributed by atoms with Crippen LogP contribution in [0.15, 0.2) is 33.5 Å². The van der Waals surface area contributed by atoms with Gasteiger partial charge in [-0.05, 0) is 57.4 Å². The summed E-state index contributed by atoms with van der Waals surface area (Å²) in [6, 6.07) is 7.56. The number of anilines is 3. The molecule has 2 amide bonds. The summed E-state index contributed by atoms with van der Waals surface area (Å²) in [7, 11) is 0. The second-order valence-electron chi connectivity index (χ2n) is 7.99. The quantitative estimate of drug-likeness (QED) is 0.633. The van der Waals surface area contributed by atoms with Crippen molar-refractivity contribution in [3.8, 4) is 0 Å². The summed E-state index contributed by atoms with van der Waals surface area (Å²) >= 11 is 3.35. The lowest BCUT2D eigenvalue weighted by Crippen LogP contribution is -2.46. The van der Waals surface area contributed by atoms with Crippen LogP contribution in [0.1, 0.15) is 51.0 Å². The fourth-order valence-electron chi connectivity index (χ4n) is 4.31. The molecule has 158 valence electrons. The highest BCUT2D eigenvalue weighted by Crippen LogP contribution is 2.32. The van der Waals surface area contributed by atoms with Gasteiger partial charge in [0, 0.05) is 28.7 Å². The van der Waals surface area contributed by atoms with Gasteiger partial charge in [-0.1, -0.05) is 15.9 Å². The average molecular weight is 474 g/mol. The summed E-state index contributed by atoms with van der Waals surface area (Å²) in [6.07, 6.45) is 3.05. The Hall–Kier alpha value is -2.68. The highest BCUT2D eigenvalue weighted by atomic mass is 79.9. The Balaban J connectivity index is 1.67. The van der Waals surface area contributed by atoms with Gasteiger partial charge >= 0.3 is 0 Å². The number of amides is 2. The molecule has 1 aromatic heterocycles. The molecule has 0 bridgehead atoms. The van der Waals surface area contributed by atoms with Crippen LogP contribution in [0.4, 0.5) is 17.5 Å². The van der Waals surface area contributed by atoms with Gasteiger partial charge in [0.2, 0.25) is 17.8 Å². The summed E-state index contributed by atoms with van der Waals surface area (Å²) in [5.74, 6) is -1.03. The molecule has 4 rings (SSSR count). The Bertz CT molecular complexity index is 1030. The monoisotopic (exact) mass is 473 g/mol. The molecule has 1 saturated heterocycles. The number of hydrogen-bond acceptors (Lipinski definition) is 5. The number of fused-ring (bicyclic) bond motifs is 1. The van der Waals surface area contributed by atoms with Crippen LogP contribution in [0.3, 0.4) is 0 Å². The Morgan fingerprint density at radius 3 is 2.50 bits per heavy atom. The second kappa shape index (κ2) is 8.22. The summed E-state index contributed by atoms with van der Waals surface area (Å²) in [5.41, 5.74) is 0.397. The Kier molecular flexibility index (Phi) is 5.64. The topological polar surface area (TPSA) is 107 Å². The van der Waals surface area contributed by atoms with Gasteiger partial charge < -0.3 is 15.5 Å². The molecule has 2 aromatic rings. The largest absolute Gasteiger partial charge is 0.337 e. The molecule has 0 radical (unpaired) electrons. The van der Waals surface area contributed by atoms with Crippen molar-refractivity contribution in [1.82, 2.24) is 9.97 Å². The van der Waals surface area contributed by atoms with Gasteiger partial charge in [-0.3, -0.25) is 19.4 Å². The third-order valence-electron chi connectivity index (χ3n) is 5.80. The van der Waals surface area contributed by atoms with Gasteiger partial charge in [0.05, 0.1) is 11.5 Å². The highest BCUT2D eigenvalue weighted by Gasteiger charge is 2.36. The number of nitrogens with zero attached hydrogens (tertiary/aromatic N) is 2. The number of H-pyrrole nitrogens is 1. The van der Waals surface area contributed by atoms with Gasteiger partial charge in [0.15, 0.2) is 0 Å². The maximum Gasteiger partial charge on any atom is 0.258 e. The van der Waals surface area contributed by atoms with Crippen LogP contribution >= 0.6 is 15.9 Å². The van der Waals surface area contributed by atoms with Gasteiger partial charge in [0.1, 0.15) is 5.82 Å². The van der Waals surface area contributed by atoms with E-state index in [0.29, 0.717) is 11.6 Å². The van der Waals surface area contributed by atoms with Crippen molar-refractivity contribution >= 4 is 45.2 Å². The number of piperidine rings is 1. The van der Waals surface area contributed by atoms with Crippen LogP contribution in [-0.2, 0) is 9.59 Å². The number of aromatic nitrogens is 2. The third-order valence-corrected chi connectivity index (χ3v) is 6.33. The lowest BCUT2D eigenvalue weighted by molar-refractivity contribution is -0.123. The second-order valence-corrected chi connectivity index (χ2v) is 8.90. The minimum absolute atomic E-state index is 0.101. The number of hydrogen-bond donors (Lipinski definition) is 3. The third kappa shape index (κ3) is 3.98. The van der Waals surface area contributed by atoms with E-state index in [-0.39, 0.29) is 35.8 Å². The average Bonchev–Trinajstić information content (AvgIpc) is 2.68. The first-order valence-electron chi connectivity index (χ1n) is 10.1. The molecule has 2 aliphatic heterocycles. The van der Waals surface area contributed by atoms with Crippen LogP contribution < -0.4 is 21.1 Å². The molecule has 0 saturated carbocycles. The number of nitrogens with one attached hydrogen (secondary N) is 3. The van der Waals surface area contributed by atoms with Crippen molar-refractivity contribution in [3.63, 3.8) is 0 Å². The van der Waals surface area contributed by atoms with E-state index in [9.17, 15) is 14.4 Å². The molecule has 3 N–H and O–H groups in total. The van der Waals surface area contributed by atoms with Crippen molar-refractivity contribution in [2.75, 3.05) is 15.5 Å². The van der Waals surface area contributed by atoms with E-state index in [2.05, 4.69) is 55.3 Å². The first kappa shape index (κ1) is 20.6. The minimum atomic E-state index is -0.904. The molecule has 1 fully saturated rings. The fourth-order valence-corrected chi connectivity index (χ4v) is 4.57. The van der Waals surface area contributed by atoms with E-state index in [0.717, 1.165) is 23.7 Å². The Labute approximate surface area is 182 Å². The van der Waals surface area contributed by atoms with E-state index >= 15 is 0 Å². The van der Waals surface area contributed by atoms with Crippen LogP contribution in [0.25, 0.3) is 0 Å². The zero-order chi connectivity index (χ0) is 21.4. The van der Waals surface area contributed by atoms with Crippen molar-refractivity contribution in [3.05, 3.63) is 44.7 Å². The Morgan fingerprint density at radius 1 is 1.17 bits per heavy atom. The molecule has 1 aromatic carbocycles. The SMILES string of the molecule is C[C@@H]1CCC[C@H](C)N1c1nc2c(c(=O)[nH]1)[C@@H](C(=O)Nc1ccc(Br)cc1)CC(=O)N2. The summed E-state index contributed by atoms with van der Waals surface area (Å²) in [4.78, 5) is 47.7. The molecule has 30 heavy (non-hydrogen) atoms. The minimum Gasteiger partial charge on any atom is -0.337 e. The molecule has 3 heterocycles. The first-order chi connectivity index (χ1) is 14.3. The summed E-state index contributed by atoms with van der Waals surface area (Å²) in [6.45, 7) is 4.20. The number of carbonyl (C=O) groups excluding carboxylic acids is 2. The lowest BCUT2D eigenvalue weighted by atomic mass is 9.92. The van der Waals surface area contributed by atoms with Gasteiger partial charge in [-0.25, -0.2) is 0 Å². The molecule has 9 heteroatoms. The van der Waals surface area contributed by atoms with Crippen LogP contribution in [0.5, 0.6) is 0 Å². The van der Waals surface area contributed by atoms with Crippen LogP contribution in [-0.4, -0.2) is 33.9 Å². The van der Waals surface area contributed by atoms with Crippen LogP contribution in [0.2, 0.25) is 0 Å². The normalized spacial score (nSPS) is 23.5. The molecule has 0 unspecified atom stereocenters. The maximum atomic E-state index is 13.0. The molecular weight excluding hydrogens is 450 g/mol. The highest BCUT2D eigenvalue weighted by molar-refractivity contribution is 9.10. The van der Waals surface area contributed by atoms with E-state index < -0.39 is 17.4 Å².